The Kier molecular flexibility index (Phi) is 54.2. The minimum atomic E-state index is 0.750. The van der Waals surface area contributed by atoms with Gasteiger partial charge in [0.15, 0.2) is 0 Å². The summed E-state index contributed by atoms with van der Waals surface area (Å²) in [4.78, 5) is 25.0. The highest BCUT2D eigenvalue weighted by molar-refractivity contribution is 5.26. The number of isocyanates is 3. The molecule has 23 heavy (non-hydrogen) atoms. The highest BCUT2D eigenvalue weighted by Gasteiger charge is 1.91. The van der Waals surface area contributed by atoms with E-state index in [0.717, 1.165) is 18.2 Å². The van der Waals surface area contributed by atoms with Crippen molar-refractivity contribution in [2.75, 3.05) is 0 Å². The fourth-order valence-electron chi connectivity index (χ4n) is 1.91. The highest BCUT2D eigenvalue weighted by atomic mass is 16.1. The fourth-order valence-corrected chi connectivity index (χ4v) is 1.91. The van der Waals surface area contributed by atoms with Gasteiger partial charge in [0, 0.05) is 0 Å². The maximum Gasteiger partial charge on any atom is 0.231 e. The first kappa shape index (κ1) is 29.2. The lowest BCUT2D eigenvalue weighted by Gasteiger charge is -2.01. The first-order valence-corrected chi connectivity index (χ1v) is 8.28. The van der Waals surface area contributed by atoms with Crippen LogP contribution in [0.15, 0.2) is 0 Å². The molecule has 0 spiro atoms. The summed E-state index contributed by atoms with van der Waals surface area (Å²) in [5.74, 6) is 0. The Labute approximate surface area is 140 Å². The summed E-state index contributed by atoms with van der Waals surface area (Å²) in [6.45, 7) is 4.57. The molecule has 0 saturated carbocycles. The highest BCUT2D eigenvalue weighted by Crippen LogP contribution is 2.11. The molecule has 0 aromatic rings. The van der Waals surface area contributed by atoms with Crippen LogP contribution in [-0.4, -0.2) is 18.2 Å². The van der Waals surface area contributed by atoms with Gasteiger partial charge in [-0.2, -0.15) is 0 Å². The molecule has 6 nitrogen and oxygen atoms in total. The zero-order valence-corrected chi connectivity index (χ0v) is 14.7. The zero-order chi connectivity index (χ0) is 18.6. The van der Waals surface area contributed by atoms with Gasteiger partial charge < -0.3 is 0 Å². The van der Waals surface area contributed by atoms with Gasteiger partial charge in [0.25, 0.3) is 0 Å². The van der Waals surface area contributed by atoms with Crippen LogP contribution in [0.1, 0.15) is 90.9 Å². The van der Waals surface area contributed by atoms with Crippen LogP contribution < -0.4 is 0 Å². The third-order valence-electron chi connectivity index (χ3n) is 2.96. The Balaban J connectivity index is -0.000000166. The van der Waals surface area contributed by atoms with Gasteiger partial charge in [-0.15, -0.1) is 0 Å². The Hall–Kier alpha value is -1.86. The van der Waals surface area contributed by atoms with Crippen molar-refractivity contribution < 1.29 is 14.4 Å². The number of rotatable bonds is 11. The van der Waals surface area contributed by atoms with Crippen molar-refractivity contribution in [3.05, 3.63) is 0 Å². The van der Waals surface area contributed by atoms with E-state index in [2.05, 4.69) is 13.8 Å². The van der Waals surface area contributed by atoms with E-state index in [9.17, 15) is 0 Å². The molecule has 0 aromatic heterocycles. The van der Waals surface area contributed by atoms with Crippen LogP contribution in [0.3, 0.4) is 0 Å². The van der Waals surface area contributed by atoms with Crippen LogP contribution in [0.25, 0.3) is 0 Å². The second kappa shape index (κ2) is 42.7. The molecule has 0 atom stereocenters. The van der Waals surface area contributed by atoms with E-state index in [1.807, 2.05) is 0 Å². The van der Waals surface area contributed by atoms with Crippen LogP contribution in [-0.2, 0) is 14.4 Å². The molecule has 0 unspecified atom stereocenters. The van der Waals surface area contributed by atoms with Crippen molar-refractivity contribution in [1.82, 2.24) is 0 Å². The van der Waals surface area contributed by atoms with Gasteiger partial charge in [-0.05, 0) is 0 Å². The van der Waals surface area contributed by atoms with E-state index in [1.54, 1.807) is 0 Å². The molecular weight excluding hydrogens is 294 g/mol. The molecule has 0 aliphatic rings. The number of hydrogen-bond donors (Lipinski definition) is 3. The summed E-state index contributed by atoms with van der Waals surface area (Å²) in [6.07, 6.45) is 19.7. The predicted molar refractivity (Wildman–Crippen MR) is 92.0 cm³/mol. The van der Waals surface area contributed by atoms with E-state index in [0.29, 0.717) is 0 Å². The lowest BCUT2D eigenvalue weighted by Crippen LogP contribution is -1.81. The van der Waals surface area contributed by atoms with Gasteiger partial charge in [-0.1, -0.05) is 90.9 Å². The van der Waals surface area contributed by atoms with Gasteiger partial charge in [0.05, 0.1) is 0 Å². The standard InChI is InChI=1S/C14H30.3CHNO/c1-3-5-7-9-11-13-14-12-10-8-6-4-2;3*2-1-3/h3-14H2,1-2H3;3*2H. The largest absolute Gasteiger partial charge is 0.231 e. The molecule has 0 saturated heterocycles. The second-order valence-corrected chi connectivity index (χ2v) is 4.84. The summed E-state index contributed by atoms with van der Waals surface area (Å²) >= 11 is 0. The molecule has 0 aliphatic carbocycles. The molecule has 134 valence electrons. The molecular formula is C17H33N3O3. The monoisotopic (exact) mass is 327 g/mol. The Morgan fingerprint density at radius 1 is 0.478 bits per heavy atom. The van der Waals surface area contributed by atoms with Crippen molar-refractivity contribution in [3.63, 3.8) is 0 Å². The topological polar surface area (TPSA) is 123 Å². The Morgan fingerprint density at radius 2 is 0.609 bits per heavy atom. The fraction of sp³-hybridized carbons (Fsp3) is 0.824. The van der Waals surface area contributed by atoms with E-state index >= 15 is 0 Å². The van der Waals surface area contributed by atoms with Crippen LogP contribution in [0.4, 0.5) is 0 Å². The van der Waals surface area contributed by atoms with Gasteiger partial charge >= 0.3 is 0 Å². The molecule has 6 heteroatoms. The summed E-state index contributed by atoms with van der Waals surface area (Å²) in [5.41, 5.74) is 0. The summed E-state index contributed by atoms with van der Waals surface area (Å²) in [7, 11) is 0. The lowest BCUT2D eigenvalue weighted by molar-refractivity contribution is 0.548. The van der Waals surface area contributed by atoms with E-state index in [4.69, 9.17) is 30.6 Å². The number of nitrogens with one attached hydrogen (secondary N) is 3. The molecule has 0 rings (SSSR count). The predicted octanol–water partition coefficient (Wildman–Crippen LogP) is 5.41. The molecule has 0 fully saturated rings. The van der Waals surface area contributed by atoms with Gasteiger partial charge in [-0.3, -0.25) is 0 Å². The van der Waals surface area contributed by atoms with Crippen LogP contribution in [0.5, 0.6) is 0 Å². The summed E-state index contributed by atoms with van der Waals surface area (Å²) in [6, 6.07) is 0. The van der Waals surface area contributed by atoms with Crippen LogP contribution >= 0.6 is 0 Å². The minimum Gasteiger partial charge on any atom is -0.222 e. The molecule has 0 bridgehead atoms. The molecule has 0 aromatic carbocycles. The van der Waals surface area contributed by atoms with Crippen molar-refractivity contribution in [1.29, 1.82) is 16.2 Å². The van der Waals surface area contributed by atoms with Gasteiger partial charge in [-0.25, -0.2) is 30.6 Å². The van der Waals surface area contributed by atoms with Crippen molar-refractivity contribution in [2.45, 2.75) is 90.9 Å². The average Bonchev–Trinajstić information content (AvgIpc) is 2.52. The molecule has 0 heterocycles. The van der Waals surface area contributed by atoms with Crippen molar-refractivity contribution in [3.8, 4) is 0 Å². The molecule has 3 N–H and O–H groups in total. The van der Waals surface area contributed by atoms with Gasteiger partial charge in [0.1, 0.15) is 0 Å². The number of carbonyl (C=O) groups excluding carboxylic acids is 3. The molecule has 0 radical (unpaired) electrons. The third-order valence-corrected chi connectivity index (χ3v) is 2.96. The maximum atomic E-state index is 8.35. The van der Waals surface area contributed by atoms with Crippen LogP contribution in [0.2, 0.25) is 0 Å². The van der Waals surface area contributed by atoms with Crippen LogP contribution in [0, 0.1) is 16.2 Å². The number of unbranched alkanes of at least 4 members (excludes halogenated alkanes) is 11. The van der Waals surface area contributed by atoms with Crippen molar-refractivity contribution in [2.24, 2.45) is 0 Å². The Bertz CT molecular complexity index is 249. The first-order chi connectivity index (χ1) is 11.2. The third kappa shape index (κ3) is 79.3. The minimum absolute atomic E-state index is 0.750. The second-order valence-electron chi connectivity index (χ2n) is 4.84. The smallest absolute Gasteiger partial charge is 0.222 e. The van der Waals surface area contributed by atoms with E-state index < -0.39 is 0 Å². The van der Waals surface area contributed by atoms with E-state index in [-0.39, 0.29) is 0 Å². The average molecular weight is 327 g/mol. The van der Waals surface area contributed by atoms with Crippen molar-refractivity contribution >= 4 is 18.2 Å². The van der Waals surface area contributed by atoms with Gasteiger partial charge in [0.2, 0.25) is 18.2 Å². The first-order valence-electron chi connectivity index (χ1n) is 8.28. The number of hydrogen-bond acceptors (Lipinski definition) is 6. The summed E-state index contributed by atoms with van der Waals surface area (Å²) < 4.78 is 0. The summed E-state index contributed by atoms with van der Waals surface area (Å²) in [5, 5.41) is 16.2. The normalized spacial score (nSPS) is 7.57. The lowest BCUT2D eigenvalue weighted by atomic mass is 10.1. The zero-order valence-electron chi connectivity index (χ0n) is 14.7. The van der Waals surface area contributed by atoms with E-state index in [1.165, 1.54) is 77.0 Å². The quantitative estimate of drug-likeness (QED) is 0.267. The maximum absolute atomic E-state index is 8.35. The molecule has 0 aliphatic heterocycles. The molecule has 0 amide bonds. The SMILES string of the molecule is CCCCCCCCCCCCCC.N=C=O.N=C=O.N=C=O. The Morgan fingerprint density at radius 3 is 0.739 bits per heavy atom.